The summed E-state index contributed by atoms with van der Waals surface area (Å²) in [7, 11) is 1.34. The van der Waals surface area contributed by atoms with Crippen LogP contribution < -0.4 is 10.1 Å². The molecular weight excluding hydrogens is 409 g/mol. The number of methoxy groups -OCH3 is 1. The average Bonchev–Trinajstić information content (AvgIpc) is 3.14. The van der Waals surface area contributed by atoms with Gasteiger partial charge in [-0.2, -0.15) is 18.3 Å². The van der Waals surface area contributed by atoms with E-state index in [1.165, 1.54) is 32.2 Å². The Morgan fingerprint density at radius 1 is 1.17 bits per heavy atom. The Balaban J connectivity index is 1.99. The van der Waals surface area contributed by atoms with Crippen molar-refractivity contribution in [1.29, 1.82) is 0 Å². The SMILES string of the molecule is COc1ccc(F)cc1C(C)NC(=O)c1cnn(-c2ccccc2F)c1C(F)(F)F. The van der Waals surface area contributed by atoms with Crippen LogP contribution in [0, 0.1) is 11.6 Å². The summed E-state index contributed by atoms with van der Waals surface area (Å²) in [4.78, 5) is 12.6. The number of para-hydroxylation sites is 1. The summed E-state index contributed by atoms with van der Waals surface area (Å²) in [5.74, 6) is -2.39. The zero-order valence-corrected chi connectivity index (χ0v) is 15.8. The van der Waals surface area contributed by atoms with Gasteiger partial charge in [0.05, 0.1) is 24.9 Å². The maximum Gasteiger partial charge on any atom is 0.434 e. The molecule has 158 valence electrons. The van der Waals surface area contributed by atoms with E-state index in [1.807, 2.05) is 0 Å². The number of nitrogens with zero attached hydrogens (tertiary/aromatic N) is 2. The van der Waals surface area contributed by atoms with Crippen LogP contribution in [0.4, 0.5) is 22.0 Å². The molecule has 1 heterocycles. The van der Waals surface area contributed by atoms with Gasteiger partial charge in [-0.1, -0.05) is 12.1 Å². The first kappa shape index (κ1) is 21.3. The molecule has 3 rings (SSSR count). The first-order valence-corrected chi connectivity index (χ1v) is 8.68. The number of nitrogens with one attached hydrogen (secondary N) is 1. The van der Waals surface area contributed by atoms with Crippen LogP contribution in [0.2, 0.25) is 0 Å². The highest BCUT2D eigenvalue weighted by molar-refractivity contribution is 5.95. The predicted molar refractivity (Wildman–Crippen MR) is 97.4 cm³/mol. The van der Waals surface area contributed by atoms with Crippen LogP contribution in [0.25, 0.3) is 5.69 Å². The second-order valence-electron chi connectivity index (χ2n) is 6.35. The maximum atomic E-state index is 14.0. The molecule has 0 bridgehead atoms. The average molecular weight is 425 g/mol. The Labute approximate surface area is 168 Å². The third kappa shape index (κ3) is 4.12. The molecule has 0 saturated carbocycles. The third-order valence-corrected chi connectivity index (χ3v) is 4.37. The van der Waals surface area contributed by atoms with Gasteiger partial charge in [0.1, 0.15) is 23.1 Å². The van der Waals surface area contributed by atoms with E-state index in [-0.39, 0.29) is 11.3 Å². The van der Waals surface area contributed by atoms with Gasteiger partial charge < -0.3 is 10.1 Å². The molecule has 5 nitrogen and oxygen atoms in total. The summed E-state index contributed by atoms with van der Waals surface area (Å²) in [6, 6.07) is 7.46. The Bertz CT molecular complexity index is 1080. The van der Waals surface area contributed by atoms with Crippen LogP contribution >= 0.6 is 0 Å². The first-order valence-electron chi connectivity index (χ1n) is 8.68. The van der Waals surface area contributed by atoms with E-state index in [1.54, 1.807) is 0 Å². The highest BCUT2D eigenvalue weighted by Crippen LogP contribution is 2.34. The van der Waals surface area contributed by atoms with Crippen molar-refractivity contribution in [3.63, 3.8) is 0 Å². The number of carbonyl (C=O) groups is 1. The Morgan fingerprint density at radius 3 is 2.50 bits per heavy atom. The largest absolute Gasteiger partial charge is 0.496 e. The van der Waals surface area contributed by atoms with Crippen molar-refractivity contribution >= 4 is 5.91 Å². The highest BCUT2D eigenvalue weighted by Gasteiger charge is 2.41. The number of rotatable bonds is 5. The van der Waals surface area contributed by atoms with Crippen LogP contribution in [0.15, 0.2) is 48.7 Å². The highest BCUT2D eigenvalue weighted by atomic mass is 19.4. The van der Waals surface area contributed by atoms with E-state index in [0.29, 0.717) is 10.9 Å². The van der Waals surface area contributed by atoms with Crippen LogP contribution in [-0.2, 0) is 6.18 Å². The molecule has 0 aliphatic carbocycles. The number of hydrogen-bond acceptors (Lipinski definition) is 3. The second kappa shape index (κ2) is 8.13. The van der Waals surface area contributed by atoms with Gasteiger partial charge in [-0.3, -0.25) is 4.79 Å². The van der Waals surface area contributed by atoms with Crippen LogP contribution in [-0.4, -0.2) is 22.8 Å². The van der Waals surface area contributed by atoms with Gasteiger partial charge in [0.2, 0.25) is 0 Å². The van der Waals surface area contributed by atoms with Crippen molar-refractivity contribution in [2.24, 2.45) is 0 Å². The molecule has 3 aromatic rings. The standard InChI is InChI=1S/C20H16F5N3O2/c1-11(13-9-12(21)7-8-17(13)30-2)27-19(29)14-10-26-28(18(14)20(23,24)25)16-6-4-3-5-15(16)22/h3-11H,1-2H3,(H,27,29). The van der Waals surface area contributed by atoms with Crippen molar-refractivity contribution in [1.82, 2.24) is 15.1 Å². The van der Waals surface area contributed by atoms with Gasteiger partial charge in [0, 0.05) is 5.56 Å². The van der Waals surface area contributed by atoms with Crippen molar-refractivity contribution in [2.45, 2.75) is 19.1 Å². The fourth-order valence-corrected chi connectivity index (χ4v) is 2.99. The first-order chi connectivity index (χ1) is 14.1. The second-order valence-corrected chi connectivity index (χ2v) is 6.35. The molecule has 2 aromatic carbocycles. The fourth-order valence-electron chi connectivity index (χ4n) is 2.99. The fraction of sp³-hybridized carbons (Fsp3) is 0.200. The van der Waals surface area contributed by atoms with E-state index in [0.717, 1.165) is 24.3 Å². The van der Waals surface area contributed by atoms with Crippen molar-refractivity contribution < 1.29 is 31.5 Å². The smallest absolute Gasteiger partial charge is 0.434 e. The molecule has 0 aliphatic rings. The van der Waals surface area contributed by atoms with Crippen molar-refractivity contribution in [2.75, 3.05) is 7.11 Å². The van der Waals surface area contributed by atoms with Gasteiger partial charge in [-0.05, 0) is 37.3 Å². The molecule has 10 heteroatoms. The number of carbonyl (C=O) groups excluding carboxylic acids is 1. The van der Waals surface area contributed by atoms with E-state index in [4.69, 9.17) is 4.74 Å². The number of hydrogen-bond donors (Lipinski definition) is 1. The zero-order valence-electron chi connectivity index (χ0n) is 15.8. The molecule has 1 N–H and O–H groups in total. The minimum Gasteiger partial charge on any atom is -0.496 e. The summed E-state index contributed by atoms with van der Waals surface area (Å²) >= 11 is 0. The molecule has 30 heavy (non-hydrogen) atoms. The number of amides is 1. The lowest BCUT2D eigenvalue weighted by molar-refractivity contribution is -0.143. The lowest BCUT2D eigenvalue weighted by Crippen LogP contribution is -2.29. The van der Waals surface area contributed by atoms with Crippen LogP contribution in [0.1, 0.15) is 34.6 Å². The van der Waals surface area contributed by atoms with Gasteiger partial charge in [-0.15, -0.1) is 0 Å². The number of alkyl halides is 3. The minimum absolute atomic E-state index is 0.237. The topological polar surface area (TPSA) is 56.1 Å². The van der Waals surface area contributed by atoms with Gasteiger partial charge >= 0.3 is 6.18 Å². The Kier molecular flexibility index (Phi) is 5.77. The number of benzene rings is 2. The number of halogens is 5. The van der Waals surface area contributed by atoms with E-state index >= 15 is 0 Å². The molecular formula is C20H16F5N3O2. The van der Waals surface area contributed by atoms with E-state index < -0.39 is 46.7 Å². The Hall–Kier alpha value is -3.43. The lowest BCUT2D eigenvalue weighted by atomic mass is 10.1. The monoisotopic (exact) mass is 425 g/mol. The van der Waals surface area contributed by atoms with Gasteiger partial charge in [0.25, 0.3) is 5.91 Å². The van der Waals surface area contributed by atoms with Crippen LogP contribution in [0.3, 0.4) is 0 Å². The van der Waals surface area contributed by atoms with Gasteiger partial charge in [0.15, 0.2) is 5.69 Å². The summed E-state index contributed by atoms with van der Waals surface area (Å²) in [6.07, 6.45) is -4.29. The molecule has 0 radical (unpaired) electrons. The summed E-state index contributed by atoms with van der Waals surface area (Å²) in [5, 5.41) is 5.95. The molecule has 1 amide bonds. The van der Waals surface area contributed by atoms with Crippen molar-refractivity contribution in [3.8, 4) is 11.4 Å². The van der Waals surface area contributed by atoms with Crippen molar-refractivity contribution in [3.05, 3.63) is 77.1 Å². The van der Waals surface area contributed by atoms with E-state index in [9.17, 15) is 26.7 Å². The lowest BCUT2D eigenvalue weighted by Gasteiger charge is -2.18. The predicted octanol–water partition coefficient (Wildman–Crippen LogP) is 4.67. The summed E-state index contributed by atoms with van der Waals surface area (Å²) < 4.78 is 74.2. The van der Waals surface area contributed by atoms with Gasteiger partial charge in [-0.25, -0.2) is 13.5 Å². The summed E-state index contributed by atoms with van der Waals surface area (Å²) in [5.41, 5.74) is -2.44. The number of ether oxygens (including phenoxy) is 1. The molecule has 0 spiro atoms. The zero-order chi connectivity index (χ0) is 22.1. The maximum absolute atomic E-state index is 14.0. The quantitative estimate of drug-likeness (QED) is 0.605. The van der Waals surface area contributed by atoms with Crippen LogP contribution in [0.5, 0.6) is 5.75 Å². The minimum atomic E-state index is -4.99. The molecule has 0 fully saturated rings. The molecule has 1 aromatic heterocycles. The molecule has 0 aliphatic heterocycles. The molecule has 1 unspecified atom stereocenters. The Morgan fingerprint density at radius 2 is 1.87 bits per heavy atom. The van der Waals surface area contributed by atoms with E-state index in [2.05, 4.69) is 10.4 Å². The molecule has 1 atom stereocenters. The summed E-state index contributed by atoms with van der Waals surface area (Å²) in [6.45, 7) is 1.46. The normalized spacial score (nSPS) is 12.5. The third-order valence-electron chi connectivity index (χ3n) is 4.37. The molecule has 0 saturated heterocycles. The number of aromatic nitrogens is 2.